The minimum Gasteiger partial charge on any atom is -0.392 e. The molecule has 19 heavy (non-hydrogen) atoms. The van der Waals surface area contributed by atoms with E-state index in [-0.39, 0.29) is 6.61 Å². The molecule has 0 spiro atoms. The van der Waals surface area contributed by atoms with Crippen molar-refractivity contribution >= 4 is 10.0 Å². The van der Waals surface area contributed by atoms with Crippen molar-refractivity contribution in [1.82, 2.24) is 4.72 Å². The molecule has 2 atom stereocenters. The fourth-order valence-corrected chi connectivity index (χ4v) is 3.67. The van der Waals surface area contributed by atoms with Crippen molar-refractivity contribution in [3.63, 3.8) is 0 Å². The molecule has 4 nitrogen and oxygen atoms in total. The molecular formula is C14H21NO3S. The first-order valence-electron chi connectivity index (χ1n) is 6.70. The normalized spacial score (nSPS) is 22.5. The zero-order chi connectivity index (χ0) is 14.0. The molecule has 1 aromatic rings. The van der Waals surface area contributed by atoms with E-state index in [0.717, 1.165) is 12.0 Å². The minimum atomic E-state index is -3.48. The van der Waals surface area contributed by atoms with Gasteiger partial charge in [0.1, 0.15) is 0 Å². The maximum atomic E-state index is 12.3. The van der Waals surface area contributed by atoms with Crippen molar-refractivity contribution in [2.24, 2.45) is 11.8 Å². The third kappa shape index (κ3) is 3.35. The van der Waals surface area contributed by atoms with Crippen LogP contribution in [0.3, 0.4) is 0 Å². The van der Waals surface area contributed by atoms with Gasteiger partial charge in [0.2, 0.25) is 10.0 Å². The quantitative estimate of drug-likeness (QED) is 0.834. The number of aryl methyl sites for hydroxylation is 1. The molecule has 0 bridgehead atoms. The van der Waals surface area contributed by atoms with Crippen LogP contribution in [0.5, 0.6) is 0 Å². The summed E-state index contributed by atoms with van der Waals surface area (Å²) in [6.45, 7) is 4.42. The van der Waals surface area contributed by atoms with Gasteiger partial charge in [0.15, 0.2) is 0 Å². The van der Waals surface area contributed by atoms with E-state index in [2.05, 4.69) is 11.6 Å². The molecule has 0 heterocycles. The molecular weight excluding hydrogens is 262 g/mol. The predicted molar refractivity (Wildman–Crippen MR) is 74.2 cm³/mol. The van der Waals surface area contributed by atoms with E-state index < -0.39 is 10.0 Å². The summed E-state index contributed by atoms with van der Waals surface area (Å²) >= 11 is 0. The Labute approximate surface area is 114 Å². The first kappa shape index (κ1) is 14.5. The molecule has 1 aliphatic carbocycles. The van der Waals surface area contributed by atoms with Crippen molar-refractivity contribution in [1.29, 1.82) is 0 Å². The van der Waals surface area contributed by atoms with Crippen LogP contribution in [0.15, 0.2) is 23.1 Å². The van der Waals surface area contributed by atoms with E-state index in [1.54, 1.807) is 18.2 Å². The van der Waals surface area contributed by atoms with Gasteiger partial charge in [0.25, 0.3) is 0 Å². The Hall–Kier alpha value is -0.910. The summed E-state index contributed by atoms with van der Waals surface area (Å²) in [6, 6.07) is 5.11. The lowest BCUT2D eigenvalue weighted by Crippen LogP contribution is -2.27. The highest BCUT2D eigenvalue weighted by Gasteiger charge is 2.33. The summed E-state index contributed by atoms with van der Waals surface area (Å²) in [6.07, 6.45) is 1.75. The second kappa shape index (κ2) is 5.61. The van der Waals surface area contributed by atoms with Crippen molar-refractivity contribution in [3.05, 3.63) is 29.3 Å². The summed E-state index contributed by atoms with van der Waals surface area (Å²) in [7, 11) is -3.48. The molecule has 2 rings (SSSR count). The van der Waals surface area contributed by atoms with Crippen molar-refractivity contribution in [3.8, 4) is 0 Å². The average Bonchev–Trinajstić information content (AvgIpc) is 3.12. The molecule has 0 aliphatic heterocycles. The SMILES string of the molecule is CCc1ccc(CO)cc1S(=O)(=O)NCC1CC1C. The fourth-order valence-electron chi connectivity index (χ4n) is 2.22. The van der Waals surface area contributed by atoms with Crippen LogP contribution in [-0.4, -0.2) is 20.1 Å². The molecule has 0 radical (unpaired) electrons. The average molecular weight is 283 g/mol. The van der Waals surface area contributed by atoms with Gasteiger partial charge in [0, 0.05) is 6.54 Å². The molecule has 1 aromatic carbocycles. The molecule has 0 aromatic heterocycles. The first-order chi connectivity index (χ1) is 8.97. The van der Waals surface area contributed by atoms with Gasteiger partial charge in [-0.05, 0) is 41.9 Å². The number of sulfonamides is 1. The van der Waals surface area contributed by atoms with Crippen LogP contribution in [0, 0.1) is 11.8 Å². The first-order valence-corrected chi connectivity index (χ1v) is 8.18. The molecule has 1 aliphatic rings. The van der Waals surface area contributed by atoms with Crippen LogP contribution in [-0.2, 0) is 23.1 Å². The Morgan fingerprint density at radius 2 is 2.11 bits per heavy atom. The minimum absolute atomic E-state index is 0.147. The number of hydrogen-bond acceptors (Lipinski definition) is 3. The Morgan fingerprint density at radius 3 is 2.63 bits per heavy atom. The summed E-state index contributed by atoms with van der Waals surface area (Å²) in [4.78, 5) is 0.301. The van der Waals surface area contributed by atoms with Gasteiger partial charge in [-0.1, -0.05) is 26.0 Å². The van der Waals surface area contributed by atoms with Gasteiger partial charge in [-0.3, -0.25) is 0 Å². The number of nitrogens with one attached hydrogen (secondary N) is 1. The molecule has 1 saturated carbocycles. The maximum Gasteiger partial charge on any atom is 0.240 e. The van der Waals surface area contributed by atoms with Crippen LogP contribution in [0.25, 0.3) is 0 Å². The molecule has 1 fully saturated rings. The highest BCUT2D eigenvalue weighted by atomic mass is 32.2. The van der Waals surface area contributed by atoms with Gasteiger partial charge in [-0.2, -0.15) is 0 Å². The molecule has 2 unspecified atom stereocenters. The number of rotatable bonds is 6. The van der Waals surface area contributed by atoms with Gasteiger partial charge in [-0.25, -0.2) is 13.1 Å². The zero-order valence-electron chi connectivity index (χ0n) is 11.4. The van der Waals surface area contributed by atoms with Gasteiger partial charge >= 0.3 is 0 Å². The zero-order valence-corrected chi connectivity index (χ0v) is 12.2. The number of aliphatic hydroxyl groups is 1. The predicted octanol–water partition coefficient (Wildman–Crippen LogP) is 1.68. The second-order valence-corrected chi connectivity index (χ2v) is 7.01. The van der Waals surface area contributed by atoms with Crippen LogP contribution in [0.2, 0.25) is 0 Å². The summed E-state index contributed by atoms with van der Waals surface area (Å²) in [5.74, 6) is 1.10. The smallest absolute Gasteiger partial charge is 0.240 e. The van der Waals surface area contributed by atoms with E-state index in [1.165, 1.54) is 0 Å². The summed E-state index contributed by atoms with van der Waals surface area (Å²) < 4.78 is 27.3. The Bertz CT molecular complexity index is 554. The lowest BCUT2D eigenvalue weighted by atomic mass is 10.1. The topological polar surface area (TPSA) is 66.4 Å². The Balaban J connectivity index is 2.22. The highest BCUT2D eigenvalue weighted by Crippen LogP contribution is 2.37. The standard InChI is InChI=1S/C14H21NO3S/c1-3-12-5-4-11(9-16)7-14(12)19(17,18)15-8-13-6-10(13)2/h4-5,7,10,13,15-16H,3,6,8-9H2,1-2H3. The summed E-state index contributed by atoms with van der Waals surface area (Å²) in [5, 5.41) is 9.14. The molecule has 2 N–H and O–H groups in total. The summed E-state index contributed by atoms with van der Waals surface area (Å²) in [5.41, 5.74) is 1.41. The fraction of sp³-hybridized carbons (Fsp3) is 0.571. The second-order valence-electron chi connectivity index (χ2n) is 5.28. The monoisotopic (exact) mass is 283 g/mol. The Morgan fingerprint density at radius 1 is 1.42 bits per heavy atom. The third-order valence-electron chi connectivity index (χ3n) is 3.80. The van der Waals surface area contributed by atoms with Gasteiger partial charge in [0.05, 0.1) is 11.5 Å². The van der Waals surface area contributed by atoms with Crippen LogP contribution >= 0.6 is 0 Å². The van der Waals surface area contributed by atoms with Gasteiger partial charge < -0.3 is 5.11 Å². The highest BCUT2D eigenvalue weighted by molar-refractivity contribution is 7.89. The Kier molecular flexibility index (Phi) is 4.28. The van der Waals surface area contributed by atoms with Crippen molar-refractivity contribution in [2.75, 3.05) is 6.54 Å². The number of aliphatic hydroxyl groups excluding tert-OH is 1. The van der Waals surface area contributed by atoms with Crippen molar-refractivity contribution in [2.45, 2.75) is 38.2 Å². The van der Waals surface area contributed by atoms with Crippen molar-refractivity contribution < 1.29 is 13.5 Å². The molecule has 0 amide bonds. The van der Waals surface area contributed by atoms with Gasteiger partial charge in [-0.15, -0.1) is 0 Å². The van der Waals surface area contributed by atoms with E-state index in [9.17, 15) is 8.42 Å². The largest absolute Gasteiger partial charge is 0.392 e. The van der Waals surface area contributed by atoms with Crippen LogP contribution in [0.1, 0.15) is 31.4 Å². The molecule has 106 valence electrons. The molecule has 0 saturated heterocycles. The third-order valence-corrected chi connectivity index (χ3v) is 5.30. The van der Waals surface area contributed by atoms with E-state index >= 15 is 0 Å². The number of benzene rings is 1. The van der Waals surface area contributed by atoms with Crippen LogP contribution < -0.4 is 4.72 Å². The number of hydrogen-bond donors (Lipinski definition) is 2. The van der Waals surface area contributed by atoms with Crippen LogP contribution in [0.4, 0.5) is 0 Å². The molecule has 5 heteroatoms. The lowest BCUT2D eigenvalue weighted by molar-refractivity contribution is 0.281. The van der Waals surface area contributed by atoms with E-state index in [1.807, 2.05) is 6.92 Å². The maximum absolute atomic E-state index is 12.3. The lowest BCUT2D eigenvalue weighted by Gasteiger charge is -2.11. The van der Waals surface area contributed by atoms with E-state index in [4.69, 9.17) is 5.11 Å². The van der Waals surface area contributed by atoms with E-state index in [0.29, 0.717) is 35.3 Å².